The number of aliphatic hydroxyl groups is 1. The van der Waals surface area contributed by atoms with Crippen LogP contribution < -0.4 is 0 Å². The lowest BCUT2D eigenvalue weighted by Crippen LogP contribution is -2.50. The lowest BCUT2D eigenvalue weighted by atomic mass is 9.74. The van der Waals surface area contributed by atoms with Gasteiger partial charge in [-0.15, -0.1) is 0 Å². The summed E-state index contributed by atoms with van der Waals surface area (Å²) in [6.45, 7) is 6.84. The second-order valence-corrected chi connectivity index (χ2v) is 10.7. The molecule has 3 rings (SSSR count). The number of rotatable bonds is 9. The number of carboxylic acids is 1. The summed E-state index contributed by atoms with van der Waals surface area (Å²) in [4.78, 5) is 27.6. The van der Waals surface area contributed by atoms with E-state index in [-0.39, 0.29) is 12.3 Å². The molecule has 0 aliphatic heterocycles. The van der Waals surface area contributed by atoms with E-state index in [1.807, 2.05) is 51.1 Å². The molecular formula is C27H31FNO5P. The van der Waals surface area contributed by atoms with E-state index in [1.54, 1.807) is 12.1 Å². The smallest absolute Gasteiger partial charge is 0.322 e. The van der Waals surface area contributed by atoms with Crippen molar-refractivity contribution in [2.45, 2.75) is 51.3 Å². The first kappa shape index (κ1) is 26.7. The number of aromatic nitrogens is 1. The van der Waals surface area contributed by atoms with Crippen molar-refractivity contribution in [3.05, 3.63) is 77.7 Å². The Bertz CT molecular complexity index is 1200. The topological polar surface area (TPSA) is 108 Å². The number of hydrogen-bond donors (Lipinski definition) is 3. The molecule has 1 aromatic heterocycles. The molecule has 4 unspecified atom stereocenters. The first-order chi connectivity index (χ1) is 16.5. The zero-order valence-electron chi connectivity index (χ0n) is 20.2. The van der Waals surface area contributed by atoms with Crippen molar-refractivity contribution in [3.8, 4) is 22.4 Å². The third-order valence-corrected chi connectivity index (χ3v) is 8.22. The Morgan fingerprint density at radius 3 is 2.14 bits per heavy atom. The van der Waals surface area contributed by atoms with Gasteiger partial charge in [-0.2, -0.15) is 0 Å². The van der Waals surface area contributed by atoms with Gasteiger partial charge in [-0.3, -0.25) is 14.3 Å². The molecule has 0 bridgehead atoms. The summed E-state index contributed by atoms with van der Waals surface area (Å²) in [7, 11) is -3.79. The van der Waals surface area contributed by atoms with Crippen LogP contribution in [0.1, 0.15) is 44.2 Å². The normalized spacial score (nSPS) is 15.9. The van der Waals surface area contributed by atoms with Gasteiger partial charge in [-0.1, -0.05) is 56.3 Å². The summed E-state index contributed by atoms with van der Waals surface area (Å²) in [6, 6.07) is 15.3. The minimum atomic E-state index is -3.79. The number of carbonyl (C=O) groups is 1. The molecule has 0 saturated heterocycles. The molecule has 4 atom stereocenters. The maximum Gasteiger partial charge on any atom is 0.322 e. The van der Waals surface area contributed by atoms with E-state index in [0.29, 0.717) is 22.4 Å². The van der Waals surface area contributed by atoms with Crippen molar-refractivity contribution in [1.82, 2.24) is 4.98 Å². The molecule has 0 aliphatic carbocycles. The van der Waals surface area contributed by atoms with Gasteiger partial charge in [0.25, 0.3) is 0 Å². The van der Waals surface area contributed by atoms with Crippen molar-refractivity contribution in [2.24, 2.45) is 5.92 Å². The van der Waals surface area contributed by atoms with E-state index >= 15 is 0 Å². The van der Waals surface area contributed by atoms with Crippen LogP contribution in [0.4, 0.5) is 4.39 Å². The summed E-state index contributed by atoms with van der Waals surface area (Å²) in [6.07, 6.45) is 0.135. The summed E-state index contributed by atoms with van der Waals surface area (Å²) in [5, 5.41) is 18.6. The molecule has 35 heavy (non-hydrogen) atoms. The zero-order valence-corrected chi connectivity index (χ0v) is 21.2. The Labute approximate surface area is 205 Å². The largest absolute Gasteiger partial charge is 0.480 e. The molecule has 3 N–H and O–H groups in total. The highest BCUT2D eigenvalue weighted by Crippen LogP contribution is 2.53. The van der Waals surface area contributed by atoms with Gasteiger partial charge in [0.15, 0.2) is 5.16 Å². The number of nitrogens with zero attached hydrogens (tertiary/aromatic N) is 1. The number of aliphatic hydroxyl groups excluding tert-OH is 1. The summed E-state index contributed by atoms with van der Waals surface area (Å²) in [5.74, 6) is -3.06. The second-order valence-electron chi connectivity index (χ2n) is 9.27. The van der Waals surface area contributed by atoms with Gasteiger partial charge in [0.1, 0.15) is 5.82 Å². The van der Waals surface area contributed by atoms with Crippen LogP contribution in [0.3, 0.4) is 0 Å². The van der Waals surface area contributed by atoms with E-state index in [9.17, 15) is 28.9 Å². The fourth-order valence-electron chi connectivity index (χ4n) is 4.85. The standard InChI is InChI=1S/C27H31FNO5P/c1-16(2)14-23(27(18(4)30,26(31)32)35(33)34)22-15-29-25(20-8-6-5-7-9-20)17(3)24(22)19-10-12-21(28)13-11-19/h5-13,15-16,18,23,30,35H,14H2,1-4H3,(H,31,32)(H,33,34). The maximum atomic E-state index is 13.8. The van der Waals surface area contributed by atoms with E-state index in [1.165, 1.54) is 25.3 Å². The number of pyridine rings is 1. The number of aliphatic carboxylic acids is 1. The van der Waals surface area contributed by atoms with Gasteiger partial charge in [-0.25, -0.2) is 4.39 Å². The Kier molecular flexibility index (Phi) is 8.26. The lowest BCUT2D eigenvalue weighted by molar-refractivity contribution is -0.144. The van der Waals surface area contributed by atoms with Gasteiger partial charge in [0.2, 0.25) is 8.03 Å². The monoisotopic (exact) mass is 499 g/mol. The van der Waals surface area contributed by atoms with Crippen molar-refractivity contribution < 1.29 is 28.9 Å². The van der Waals surface area contributed by atoms with Gasteiger partial charge >= 0.3 is 5.97 Å². The van der Waals surface area contributed by atoms with Gasteiger partial charge < -0.3 is 15.1 Å². The molecule has 0 fully saturated rings. The Hall–Kier alpha value is -2.86. The van der Waals surface area contributed by atoms with Gasteiger partial charge in [0.05, 0.1) is 11.8 Å². The molecule has 8 heteroatoms. The SMILES string of the molecule is Cc1c(-c2ccccc2)ncc(C(CC(C)C)C(C(=O)O)(C(C)O)[PH](=O)O)c1-c1ccc(F)cc1. The number of halogens is 1. The molecule has 0 aliphatic rings. The van der Waals surface area contributed by atoms with E-state index in [4.69, 9.17) is 0 Å². The third kappa shape index (κ3) is 5.08. The highest BCUT2D eigenvalue weighted by molar-refractivity contribution is 7.41. The third-order valence-electron chi connectivity index (χ3n) is 6.53. The van der Waals surface area contributed by atoms with Crippen LogP contribution in [0.5, 0.6) is 0 Å². The summed E-state index contributed by atoms with van der Waals surface area (Å²) < 4.78 is 26.5. The van der Waals surface area contributed by atoms with Crippen molar-refractivity contribution in [2.75, 3.05) is 0 Å². The number of hydrogen-bond acceptors (Lipinski definition) is 4. The highest BCUT2D eigenvalue weighted by Gasteiger charge is 2.56. The van der Waals surface area contributed by atoms with Crippen LogP contribution in [0.15, 0.2) is 60.8 Å². The number of carboxylic acid groups (broad SMARTS) is 1. The molecule has 0 spiro atoms. The highest BCUT2D eigenvalue weighted by atomic mass is 31.1. The summed E-state index contributed by atoms with van der Waals surface area (Å²) >= 11 is 0. The average molecular weight is 500 g/mol. The minimum absolute atomic E-state index is 0.0611. The Balaban J connectivity index is 2.43. The fraction of sp³-hybridized carbons (Fsp3) is 0.333. The quantitative estimate of drug-likeness (QED) is 0.328. The van der Waals surface area contributed by atoms with E-state index in [2.05, 4.69) is 4.98 Å². The second kappa shape index (κ2) is 10.8. The maximum absolute atomic E-state index is 13.8. The van der Waals surface area contributed by atoms with Crippen molar-refractivity contribution >= 4 is 14.0 Å². The van der Waals surface area contributed by atoms with Crippen LogP contribution in [0, 0.1) is 18.7 Å². The molecule has 186 valence electrons. The minimum Gasteiger partial charge on any atom is -0.480 e. The molecule has 0 amide bonds. The molecule has 0 radical (unpaired) electrons. The predicted molar refractivity (Wildman–Crippen MR) is 135 cm³/mol. The predicted octanol–water partition coefficient (Wildman–Crippen LogP) is 5.66. The van der Waals surface area contributed by atoms with Gasteiger partial charge in [-0.05, 0) is 60.6 Å². The van der Waals surface area contributed by atoms with Crippen LogP contribution >= 0.6 is 8.03 Å². The molecule has 3 aromatic rings. The molecular weight excluding hydrogens is 468 g/mol. The number of benzene rings is 2. The average Bonchev–Trinajstić information content (AvgIpc) is 2.79. The molecule has 2 aromatic carbocycles. The summed E-state index contributed by atoms with van der Waals surface area (Å²) in [5.41, 5.74) is 3.88. The lowest BCUT2D eigenvalue weighted by Gasteiger charge is -2.39. The van der Waals surface area contributed by atoms with Crippen molar-refractivity contribution in [1.29, 1.82) is 0 Å². The van der Waals surface area contributed by atoms with Crippen LogP contribution in [0.25, 0.3) is 22.4 Å². The van der Waals surface area contributed by atoms with Crippen molar-refractivity contribution in [3.63, 3.8) is 0 Å². The fourth-order valence-corrected chi connectivity index (χ4v) is 5.96. The van der Waals surface area contributed by atoms with Crippen LogP contribution in [-0.4, -0.2) is 37.3 Å². The molecule has 6 nitrogen and oxygen atoms in total. The Morgan fingerprint density at radius 2 is 1.66 bits per heavy atom. The first-order valence-electron chi connectivity index (χ1n) is 11.5. The van der Waals surface area contributed by atoms with Gasteiger partial charge in [0, 0.05) is 17.7 Å². The van der Waals surface area contributed by atoms with Crippen LogP contribution in [0.2, 0.25) is 0 Å². The van der Waals surface area contributed by atoms with Crippen LogP contribution in [-0.2, 0) is 9.36 Å². The molecule has 0 saturated carbocycles. The Morgan fingerprint density at radius 1 is 1.06 bits per heavy atom. The zero-order chi connectivity index (χ0) is 25.9. The first-order valence-corrected chi connectivity index (χ1v) is 12.8. The van der Waals surface area contributed by atoms with E-state index in [0.717, 1.165) is 11.1 Å². The van der Waals surface area contributed by atoms with E-state index < -0.39 is 37.0 Å². The molecule has 1 heterocycles.